The van der Waals surface area contributed by atoms with E-state index in [2.05, 4.69) is 0 Å². The van der Waals surface area contributed by atoms with Gasteiger partial charge >= 0.3 is 0 Å². The molecule has 0 bridgehead atoms. The van der Waals surface area contributed by atoms with Crippen LogP contribution in [0.15, 0.2) is 17.5 Å². The molecule has 16 heavy (non-hydrogen) atoms. The van der Waals surface area contributed by atoms with Gasteiger partial charge in [-0.25, -0.2) is 0 Å². The average Bonchev–Trinajstić information content (AvgIpc) is 2.82. The lowest BCUT2D eigenvalue weighted by atomic mass is 9.98. The van der Waals surface area contributed by atoms with Gasteiger partial charge in [0.2, 0.25) is 5.91 Å². The molecule has 0 saturated carbocycles. The molecule has 4 heteroatoms. The zero-order valence-corrected chi connectivity index (χ0v) is 9.91. The molecule has 0 radical (unpaired) electrons. The molecule has 0 unspecified atom stereocenters. The molecule has 3 nitrogen and oxygen atoms in total. The second-order valence-corrected chi connectivity index (χ2v) is 5.14. The summed E-state index contributed by atoms with van der Waals surface area (Å²) in [5.41, 5.74) is 0. The Morgan fingerprint density at radius 2 is 2.25 bits per heavy atom. The van der Waals surface area contributed by atoms with Crippen LogP contribution in [0.3, 0.4) is 0 Å². The number of piperidine rings is 1. The Bertz CT molecular complexity index is 353. The van der Waals surface area contributed by atoms with Crippen LogP contribution in [0.25, 0.3) is 0 Å². The summed E-state index contributed by atoms with van der Waals surface area (Å²) in [6.07, 6.45) is 3.16. The lowest BCUT2D eigenvalue weighted by Crippen LogP contribution is -2.39. The molecule has 1 aliphatic heterocycles. The van der Waals surface area contributed by atoms with Crippen LogP contribution in [0.5, 0.6) is 0 Å². The fraction of sp³-hybridized carbons (Fsp3) is 0.500. The third-order valence-corrected chi connectivity index (χ3v) is 3.87. The van der Waals surface area contributed by atoms with Crippen molar-refractivity contribution in [2.75, 3.05) is 13.1 Å². The molecule has 0 aromatic carbocycles. The van der Waals surface area contributed by atoms with E-state index in [1.54, 1.807) is 11.3 Å². The molecule has 1 aromatic rings. The van der Waals surface area contributed by atoms with Crippen molar-refractivity contribution in [1.82, 2.24) is 4.90 Å². The van der Waals surface area contributed by atoms with Crippen molar-refractivity contribution in [3.05, 3.63) is 22.4 Å². The molecule has 1 aliphatic rings. The third-order valence-electron chi connectivity index (χ3n) is 2.99. The largest absolute Gasteiger partial charge is 0.342 e. The van der Waals surface area contributed by atoms with E-state index < -0.39 is 0 Å². The van der Waals surface area contributed by atoms with Crippen molar-refractivity contribution in [2.24, 2.45) is 5.92 Å². The van der Waals surface area contributed by atoms with Gasteiger partial charge in [-0.2, -0.15) is 0 Å². The summed E-state index contributed by atoms with van der Waals surface area (Å²) in [5.74, 6) is 0.345. The van der Waals surface area contributed by atoms with Crippen LogP contribution in [0, 0.1) is 5.92 Å². The van der Waals surface area contributed by atoms with E-state index >= 15 is 0 Å². The van der Waals surface area contributed by atoms with E-state index in [1.165, 1.54) is 0 Å². The number of nitrogens with zero attached hydrogens (tertiary/aromatic N) is 1. The van der Waals surface area contributed by atoms with Crippen LogP contribution in [0.2, 0.25) is 0 Å². The topological polar surface area (TPSA) is 37.4 Å². The summed E-state index contributed by atoms with van der Waals surface area (Å²) in [6, 6.07) is 3.95. The van der Waals surface area contributed by atoms with E-state index in [0.717, 1.165) is 37.1 Å². The molecular weight excluding hydrogens is 222 g/mol. The first-order chi connectivity index (χ1) is 7.79. The van der Waals surface area contributed by atoms with Crippen LogP contribution >= 0.6 is 11.3 Å². The standard InChI is InChI=1S/C12H15NO2S/c14-9-10-3-5-13(6-4-10)12(15)8-11-2-1-7-16-11/h1-2,7,9-10H,3-6,8H2. The van der Waals surface area contributed by atoms with Gasteiger partial charge < -0.3 is 9.69 Å². The lowest BCUT2D eigenvalue weighted by Gasteiger charge is -2.29. The molecule has 0 spiro atoms. The number of carbonyl (C=O) groups is 2. The zero-order chi connectivity index (χ0) is 11.4. The van der Waals surface area contributed by atoms with Gasteiger partial charge in [-0.1, -0.05) is 6.07 Å². The smallest absolute Gasteiger partial charge is 0.227 e. The van der Waals surface area contributed by atoms with Crippen molar-refractivity contribution in [3.8, 4) is 0 Å². The van der Waals surface area contributed by atoms with Gasteiger partial charge in [0.05, 0.1) is 6.42 Å². The van der Waals surface area contributed by atoms with Crippen LogP contribution < -0.4 is 0 Å². The Morgan fingerprint density at radius 3 is 2.81 bits per heavy atom. The van der Waals surface area contributed by atoms with Crippen LogP contribution in [0.4, 0.5) is 0 Å². The fourth-order valence-electron chi connectivity index (χ4n) is 1.96. The first-order valence-corrected chi connectivity index (χ1v) is 6.43. The number of likely N-dealkylation sites (tertiary alicyclic amines) is 1. The number of rotatable bonds is 3. The van der Waals surface area contributed by atoms with Crippen molar-refractivity contribution in [3.63, 3.8) is 0 Å². The highest BCUT2D eigenvalue weighted by atomic mass is 32.1. The van der Waals surface area contributed by atoms with E-state index in [9.17, 15) is 9.59 Å². The van der Waals surface area contributed by atoms with Crippen molar-refractivity contribution < 1.29 is 9.59 Å². The van der Waals surface area contributed by atoms with E-state index in [0.29, 0.717) is 6.42 Å². The van der Waals surface area contributed by atoms with Crippen molar-refractivity contribution >= 4 is 23.5 Å². The van der Waals surface area contributed by atoms with Crippen molar-refractivity contribution in [1.29, 1.82) is 0 Å². The minimum Gasteiger partial charge on any atom is -0.342 e. The fourth-order valence-corrected chi connectivity index (χ4v) is 2.65. The molecule has 0 atom stereocenters. The predicted octanol–water partition coefficient (Wildman–Crippen LogP) is 1.73. The van der Waals surface area contributed by atoms with Crippen LogP contribution in [0.1, 0.15) is 17.7 Å². The molecule has 1 saturated heterocycles. The van der Waals surface area contributed by atoms with Crippen LogP contribution in [-0.4, -0.2) is 30.2 Å². The second-order valence-electron chi connectivity index (χ2n) is 4.11. The first kappa shape index (κ1) is 11.3. The van der Waals surface area contributed by atoms with Crippen molar-refractivity contribution in [2.45, 2.75) is 19.3 Å². The zero-order valence-electron chi connectivity index (χ0n) is 9.09. The highest BCUT2D eigenvalue weighted by Crippen LogP contribution is 2.17. The molecule has 0 aliphatic carbocycles. The molecule has 2 rings (SSSR count). The van der Waals surface area contributed by atoms with E-state index in [1.807, 2.05) is 22.4 Å². The molecule has 1 aromatic heterocycles. The highest BCUT2D eigenvalue weighted by Gasteiger charge is 2.22. The Hall–Kier alpha value is -1.16. The Kier molecular flexibility index (Phi) is 3.72. The molecule has 1 amide bonds. The van der Waals surface area contributed by atoms with Gasteiger partial charge in [0.1, 0.15) is 6.29 Å². The molecule has 0 N–H and O–H groups in total. The predicted molar refractivity (Wildman–Crippen MR) is 63.4 cm³/mol. The van der Waals surface area contributed by atoms with Gasteiger partial charge in [0, 0.05) is 23.9 Å². The lowest BCUT2D eigenvalue weighted by molar-refractivity contribution is -0.132. The molecule has 86 valence electrons. The Morgan fingerprint density at radius 1 is 1.50 bits per heavy atom. The molecule has 1 fully saturated rings. The quantitative estimate of drug-likeness (QED) is 0.751. The summed E-state index contributed by atoms with van der Waals surface area (Å²) in [7, 11) is 0. The molecule has 2 heterocycles. The summed E-state index contributed by atoms with van der Waals surface area (Å²) >= 11 is 1.62. The number of hydrogen-bond donors (Lipinski definition) is 0. The minimum atomic E-state index is 0.158. The minimum absolute atomic E-state index is 0.158. The van der Waals surface area contributed by atoms with E-state index in [-0.39, 0.29) is 11.8 Å². The van der Waals surface area contributed by atoms with Gasteiger partial charge in [0.25, 0.3) is 0 Å². The van der Waals surface area contributed by atoms with Gasteiger partial charge in [-0.05, 0) is 24.3 Å². The number of amides is 1. The summed E-state index contributed by atoms with van der Waals surface area (Å²) < 4.78 is 0. The average molecular weight is 237 g/mol. The third kappa shape index (κ3) is 2.70. The SMILES string of the molecule is O=CC1CCN(C(=O)Cc2cccs2)CC1. The maximum Gasteiger partial charge on any atom is 0.227 e. The van der Waals surface area contributed by atoms with Gasteiger partial charge in [-0.3, -0.25) is 4.79 Å². The molecular formula is C12H15NO2S. The number of carbonyl (C=O) groups excluding carboxylic acids is 2. The van der Waals surface area contributed by atoms with E-state index in [4.69, 9.17) is 0 Å². The summed E-state index contributed by atoms with van der Waals surface area (Å²) in [4.78, 5) is 25.5. The maximum absolute atomic E-state index is 11.9. The maximum atomic E-state index is 11.9. The van der Waals surface area contributed by atoms with Gasteiger partial charge in [-0.15, -0.1) is 11.3 Å². The monoisotopic (exact) mass is 237 g/mol. The Balaban J connectivity index is 1.84. The Labute approximate surface area is 99.1 Å². The normalized spacial score (nSPS) is 17.4. The highest BCUT2D eigenvalue weighted by molar-refractivity contribution is 7.10. The summed E-state index contributed by atoms with van der Waals surface area (Å²) in [5, 5.41) is 1.99. The van der Waals surface area contributed by atoms with Gasteiger partial charge in [0.15, 0.2) is 0 Å². The van der Waals surface area contributed by atoms with Crippen LogP contribution in [-0.2, 0) is 16.0 Å². The first-order valence-electron chi connectivity index (χ1n) is 5.55. The number of thiophene rings is 1. The number of aldehydes is 1. The number of hydrogen-bond acceptors (Lipinski definition) is 3. The second kappa shape index (κ2) is 5.25. The summed E-state index contributed by atoms with van der Waals surface area (Å²) in [6.45, 7) is 1.46.